The Labute approximate surface area is 124 Å². The van der Waals surface area contributed by atoms with E-state index in [9.17, 15) is 0 Å². The van der Waals surface area contributed by atoms with Crippen LogP contribution in [0.2, 0.25) is 0 Å². The second-order valence-corrected chi connectivity index (χ2v) is 5.14. The van der Waals surface area contributed by atoms with Crippen LogP contribution in [0, 0.1) is 13.8 Å². The highest BCUT2D eigenvalue weighted by Gasteiger charge is 2.03. The number of aryl methyl sites for hydroxylation is 2. The molecule has 0 atom stereocenters. The predicted molar refractivity (Wildman–Crippen MR) is 85.4 cm³/mol. The van der Waals surface area contributed by atoms with Crippen molar-refractivity contribution in [2.75, 3.05) is 11.9 Å². The maximum atomic E-state index is 4.48. The molecule has 4 nitrogen and oxygen atoms in total. The van der Waals surface area contributed by atoms with E-state index in [1.165, 1.54) is 10.9 Å². The topological polar surface area (TPSA) is 50.7 Å². The fourth-order valence-electron chi connectivity index (χ4n) is 2.48. The molecule has 0 aliphatic heterocycles. The van der Waals surface area contributed by atoms with Crippen molar-refractivity contribution in [3.8, 4) is 0 Å². The minimum absolute atomic E-state index is 0.695. The zero-order valence-electron chi connectivity index (χ0n) is 12.3. The predicted octanol–water partition coefficient (Wildman–Crippen LogP) is 3.30. The third-order valence-electron chi connectivity index (χ3n) is 3.38. The van der Waals surface area contributed by atoms with Gasteiger partial charge in [-0.15, -0.1) is 0 Å². The molecule has 4 heteroatoms. The molecule has 0 aliphatic carbocycles. The number of para-hydroxylation sites is 1. The molecular weight excluding hydrogens is 260 g/mol. The summed E-state index contributed by atoms with van der Waals surface area (Å²) in [5.41, 5.74) is 4.28. The van der Waals surface area contributed by atoms with E-state index in [1.54, 1.807) is 0 Å². The number of nitrogens with one attached hydrogen (secondary N) is 1. The molecule has 106 valence electrons. The first-order valence-electron chi connectivity index (χ1n) is 7.11. The van der Waals surface area contributed by atoms with Crippen molar-refractivity contribution in [2.24, 2.45) is 0 Å². The number of anilines is 1. The number of hydrogen-bond donors (Lipinski definition) is 1. The van der Waals surface area contributed by atoms with Gasteiger partial charge in [-0.3, -0.25) is 4.98 Å². The summed E-state index contributed by atoms with van der Waals surface area (Å²) in [5, 5.41) is 4.47. The molecule has 0 fully saturated rings. The van der Waals surface area contributed by atoms with Crippen molar-refractivity contribution < 1.29 is 0 Å². The number of aromatic nitrogens is 3. The lowest BCUT2D eigenvalue weighted by atomic mass is 10.1. The van der Waals surface area contributed by atoms with Crippen LogP contribution in [0.4, 0.5) is 5.95 Å². The van der Waals surface area contributed by atoms with Crippen LogP contribution in [0.15, 0.2) is 42.6 Å². The van der Waals surface area contributed by atoms with Crippen molar-refractivity contribution in [1.82, 2.24) is 15.0 Å². The van der Waals surface area contributed by atoms with Crippen molar-refractivity contribution >= 4 is 16.9 Å². The molecule has 0 radical (unpaired) electrons. The van der Waals surface area contributed by atoms with Crippen LogP contribution < -0.4 is 5.32 Å². The average Bonchev–Trinajstić information content (AvgIpc) is 2.46. The van der Waals surface area contributed by atoms with Gasteiger partial charge in [0.1, 0.15) is 0 Å². The lowest BCUT2D eigenvalue weighted by Crippen LogP contribution is -2.09. The Kier molecular flexibility index (Phi) is 3.77. The first-order chi connectivity index (χ1) is 10.2. The van der Waals surface area contributed by atoms with Gasteiger partial charge in [0.2, 0.25) is 5.95 Å². The van der Waals surface area contributed by atoms with Crippen LogP contribution in [0.25, 0.3) is 10.9 Å². The van der Waals surface area contributed by atoms with E-state index >= 15 is 0 Å². The monoisotopic (exact) mass is 278 g/mol. The summed E-state index contributed by atoms with van der Waals surface area (Å²) in [6, 6.07) is 12.3. The first-order valence-corrected chi connectivity index (χ1v) is 7.11. The van der Waals surface area contributed by atoms with E-state index in [-0.39, 0.29) is 0 Å². The summed E-state index contributed by atoms with van der Waals surface area (Å²) < 4.78 is 0. The van der Waals surface area contributed by atoms with Gasteiger partial charge < -0.3 is 5.32 Å². The number of fused-ring (bicyclic) bond motifs is 1. The van der Waals surface area contributed by atoms with Crippen molar-refractivity contribution in [3.05, 3.63) is 59.5 Å². The van der Waals surface area contributed by atoms with E-state index in [0.717, 1.165) is 29.9 Å². The third-order valence-corrected chi connectivity index (χ3v) is 3.38. The van der Waals surface area contributed by atoms with Gasteiger partial charge in [-0.25, -0.2) is 9.97 Å². The standard InChI is InChI=1S/C17H18N4/c1-12-11-13(2)21-17(20-12)19-10-8-15-6-3-5-14-7-4-9-18-16(14)15/h3-7,9,11H,8,10H2,1-2H3,(H,19,20,21). The summed E-state index contributed by atoms with van der Waals surface area (Å²) in [6.45, 7) is 4.75. The molecule has 0 amide bonds. The highest BCUT2D eigenvalue weighted by Crippen LogP contribution is 2.16. The van der Waals surface area contributed by atoms with Crippen LogP contribution in [-0.4, -0.2) is 21.5 Å². The second kappa shape index (κ2) is 5.87. The van der Waals surface area contributed by atoms with Crippen LogP contribution in [0.1, 0.15) is 17.0 Å². The molecule has 0 bridgehead atoms. The molecule has 2 aromatic heterocycles. The molecule has 0 spiro atoms. The van der Waals surface area contributed by atoms with E-state index in [2.05, 4.69) is 44.5 Å². The Morgan fingerprint density at radius 2 is 1.76 bits per heavy atom. The Hall–Kier alpha value is -2.49. The van der Waals surface area contributed by atoms with Gasteiger partial charge in [-0.05, 0) is 38.0 Å². The highest BCUT2D eigenvalue weighted by atomic mass is 15.1. The Bertz CT molecular complexity index is 742. The average molecular weight is 278 g/mol. The van der Waals surface area contributed by atoms with Crippen molar-refractivity contribution in [3.63, 3.8) is 0 Å². The number of benzene rings is 1. The third kappa shape index (κ3) is 3.16. The lowest BCUT2D eigenvalue weighted by Gasteiger charge is -2.08. The first kappa shape index (κ1) is 13.5. The summed E-state index contributed by atoms with van der Waals surface area (Å²) in [5.74, 6) is 0.695. The summed E-state index contributed by atoms with van der Waals surface area (Å²) in [6.07, 6.45) is 2.73. The van der Waals surface area contributed by atoms with Gasteiger partial charge in [0, 0.05) is 29.5 Å². The molecule has 3 rings (SSSR count). The molecule has 21 heavy (non-hydrogen) atoms. The van der Waals surface area contributed by atoms with Gasteiger partial charge in [0.05, 0.1) is 5.52 Å². The van der Waals surface area contributed by atoms with Gasteiger partial charge in [0.25, 0.3) is 0 Å². The molecule has 0 saturated carbocycles. The maximum Gasteiger partial charge on any atom is 0.223 e. The minimum Gasteiger partial charge on any atom is -0.354 e. The minimum atomic E-state index is 0.695. The van der Waals surface area contributed by atoms with Crippen LogP contribution >= 0.6 is 0 Å². The van der Waals surface area contributed by atoms with Crippen LogP contribution in [-0.2, 0) is 6.42 Å². The molecule has 1 N–H and O–H groups in total. The van der Waals surface area contributed by atoms with Gasteiger partial charge >= 0.3 is 0 Å². The number of hydrogen-bond acceptors (Lipinski definition) is 4. The smallest absolute Gasteiger partial charge is 0.223 e. The molecule has 1 aromatic carbocycles. The summed E-state index contributed by atoms with van der Waals surface area (Å²) in [4.78, 5) is 13.3. The van der Waals surface area contributed by atoms with E-state index in [0.29, 0.717) is 5.95 Å². The fourth-order valence-corrected chi connectivity index (χ4v) is 2.48. The number of nitrogens with zero attached hydrogens (tertiary/aromatic N) is 3. The quantitative estimate of drug-likeness (QED) is 0.795. The number of rotatable bonds is 4. The summed E-state index contributed by atoms with van der Waals surface area (Å²) in [7, 11) is 0. The molecule has 2 heterocycles. The Morgan fingerprint density at radius 3 is 2.57 bits per heavy atom. The van der Waals surface area contributed by atoms with Crippen molar-refractivity contribution in [1.29, 1.82) is 0 Å². The highest BCUT2D eigenvalue weighted by molar-refractivity contribution is 5.81. The molecule has 0 aliphatic rings. The summed E-state index contributed by atoms with van der Waals surface area (Å²) >= 11 is 0. The fraction of sp³-hybridized carbons (Fsp3) is 0.235. The van der Waals surface area contributed by atoms with Crippen LogP contribution in [0.5, 0.6) is 0 Å². The van der Waals surface area contributed by atoms with E-state index in [1.807, 2.05) is 32.2 Å². The second-order valence-electron chi connectivity index (χ2n) is 5.14. The normalized spacial score (nSPS) is 10.8. The zero-order valence-corrected chi connectivity index (χ0v) is 12.3. The Balaban J connectivity index is 1.72. The van der Waals surface area contributed by atoms with Gasteiger partial charge in [-0.2, -0.15) is 0 Å². The van der Waals surface area contributed by atoms with Crippen molar-refractivity contribution in [2.45, 2.75) is 20.3 Å². The molecular formula is C17H18N4. The number of pyridine rings is 1. The Morgan fingerprint density at radius 1 is 1.00 bits per heavy atom. The van der Waals surface area contributed by atoms with E-state index < -0.39 is 0 Å². The SMILES string of the molecule is Cc1cc(C)nc(NCCc2cccc3cccnc23)n1. The van der Waals surface area contributed by atoms with Gasteiger partial charge in [0.15, 0.2) is 0 Å². The largest absolute Gasteiger partial charge is 0.354 e. The van der Waals surface area contributed by atoms with Gasteiger partial charge in [-0.1, -0.05) is 24.3 Å². The lowest BCUT2D eigenvalue weighted by molar-refractivity contribution is 0.965. The molecule has 0 unspecified atom stereocenters. The maximum absolute atomic E-state index is 4.48. The van der Waals surface area contributed by atoms with Crippen LogP contribution in [0.3, 0.4) is 0 Å². The molecule has 0 saturated heterocycles. The van der Waals surface area contributed by atoms with E-state index in [4.69, 9.17) is 0 Å². The zero-order chi connectivity index (χ0) is 14.7. The molecule has 3 aromatic rings.